The van der Waals surface area contributed by atoms with Crippen LogP contribution in [0.3, 0.4) is 0 Å². The summed E-state index contributed by atoms with van der Waals surface area (Å²) in [5.74, 6) is 2.04. The molecule has 3 heterocycles. The first-order valence-electron chi connectivity index (χ1n) is 7.22. The van der Waals surface area contributed by atoms with E-state index in [-0.39, 0.29) is 5.91 Å². The molecule has 0 radical (unpaired) electrons. The topological polar surface area (TPSA) is 72.7 Å². The Morgan fingerprint density at radius 1 is 1.43 bits per heavy atom. The van der Waals surface area contributed by atoms with Crippen LogP contribution in [0.2, 0.25) is 0 Å². The Hall–Kier alpha value is -2.24. The van der Waals surface area contributed by atoms with Crippen LogP contribution in [0.5, 0.6) is 0 Å². The molecule has 0 aliphatic carbocycles. The van der Waals surface area contributed by atoms with Gasteiger partial charge in [0.15, 0.2) is 0 Å². The summed E-state index contributed by atoms with van der Waals surface area (Å²) in [6, 6.07) is 1.72. The number of aromatic nitrogens is 4. The fourth-order valence-corrected chi connectivity index (χ4v) is 2.75. The average molecular weight is 285 g/mol. The zero-order chi connectivity index (χ0) is 14.8. The summed E-state index contributed by atoms with van der Waals surface area (Å²) in [4.78, 5) is 24.9. The predicted molar refractivity (Wildman–Crippen MR) is 77.9 cm³/mol. The van der Waals surface area contributed by atoms with E-state index in [1.807, 2.05) is 19.3 Å². The molecular weight excluding hydrogens is 266 g/mol. The second kappa shape index (κ2) is 5.63. The molecule has 2 aromatic rings. The SMILES string of the molecule is Cc1cc(C(=O)NC[C@H]2CCn3ccnc3C2)nc(C)n1. The molecule has 1 aliphatic rings. The number of hydrogen-bond acceptors (Lipinski definition) is 4. The second-order valence-corrected chi connectivity index (χ2v) is 5.55. The normalized spacial score (nSPS) is 17.3. The average Bonchev–Trinajstić information content (AvgIpc) is 2.91. The summed E-state index contributed by atoms with van der Waals surface area (Å²) < 4.78 is 2.18. The first kappa shape index (κ1) is 13.7. The smallest absolute Gasteiger partial charge is 0.270 e. The highest BCUT2D eigenvalue weighted by molar-refractivity contribution is 5.92. The molecule has 0 saturated heterocycles. The molecule has 1 atom stereocenters. The van der Waals surface area contributed by atoms with Crippen molar-refractivity contribution in [1.29, 1.82) is 0 Å². The molecule has 0 unspecified atom stereocenters. The summed E-state index contributed by atoms with van der Waals surface area (Å²) >= 11 is 0. The van der Waals surface area contributed by atoms with Gasteiger partial charge in [-0.05, 0) is 32.3 Å². The van der Waals surface area contributed by atoms with Gasteiger partial charge in [-0.1, -0.05) is 0 Å². The number of amides is 1. The van der Waals surface area contributed by atoms with E-state index in [0.717, 1.165) is 30.9 Å². The third-order valence-corrected chi connectivity index (χ3v) is 3.80. The van der Waals surface area contributed by atoms with Gasteiger partial charge in [0.1, 0.15) is 17.3 Å². The molecule has 0 aromatic carbocycles. The Balaban J connectivity index is 1.59. The number of nitrogens with one attached hydrogen (secondary N) is 1. The maximum atomic E-state index is 12.2. The number of carbonyl (C=O) groups is 1. The van der Waals surface area contributed by atoms with Crippen molar-refractivity contribution in [2.75, 3.05) is 6.54 Å². The minimum Gasteiger partial charge on any atom is -0.350 e. The molecule has 0 bridgehead atoms. The van der Waals surface area contributed by atoms with E-state index in [4.69, 9.17) is 0 Å². The molecule has 6 nitrogen and oxygen atoms in total. The Morgan fingerprint density at radius 3 is 3.10 bits per heavy atom. The van der Waals surface area contributed by atoms with Gasteiger partial charge < -0.3 is 9.88 Å². The van der Waals surface area contributed by atoms with Crippen LogP contribution in [0.1, 0.15) is 34.3 Å². The molecule has 3 rings (SSSR count). The number of fused-ring (bicyclic) bond motifs is 1. The van der Waals surface area contributed by atoms with Crippen molar-refractivity contribution in [3.63, 3.8) is 0 Å². The van der Waals surface area contributed by atoms with Gasteiger partial charge in [0.25, 0.3) is 5.91 Å². The lowest BCUT2D eigenvalue weighted by Gasteiger charge is -2.23. The molecule has 1 aliphatic heterocycles. The summed E-state index contributed by atoms with van der Waals surface area (Å²) in [6.07, 6.45) is 5.82. The van der Waals surface area contributed by atoms with Gasteiger partial charge >= 0.3 is 0 Å². The Kier molecular flexibility index (Phi) is 3.68. The first-order chi connectivity index (χ1) is 10.1. The highest BCUT2D eigenvalue weighted by Crippen LogP contribution is 2.18. The first-order valence-corrected chi connectivity index (χ1v) is 7.22. The van der Waals surface area contributed by atoms with E-state index in [2.05, 4.69) is 24.8 Å². The Labute approximate surface area is 123 Å². The fraction of sp³-hybridized carbons (Fsp3) is 0.467. The lowest BCUT2D eigenvalue weighted by atomic mass is 9.98. The number of carbonyl (C=O) groups excluding carboxylic acids is 1. The highest BCUT2D eigenvalue weighted by Gasteiger charge is 2.20. The maximum absolute atomic E-state index is 12.2. The lowest BCUT2D eigenvalue weighted by Crippen LogP contribution is -2.33. The zero-order valence-electron chi connectivity index (χ0n) is 12.3. The third kappa shape index (κ3) is 3.09. The van der Waals surface area contributed by atoms with Gasteiger partial charge in [-0.2, -0.15) is 0 Å². The van der Waals surface area contributed by atoms with Crippen molar-refractivity contribution in [2.45, 2.75) is 33.2 Å². The van der Waals surface area contributed by atoms with Crippen molar-refractivity contribution < 1.29 is 4.79 Å². The zero-order valence-corrected chi connectivity index (χ0v) is 12.3. The van der Waals surface area contributed by atoms with Crippen LogP contribution < -0.4 is 5.32 Å². The second-order valence-electron chi connectivity index (χ2n) is 5.55. The van der Waals surface area contributed by atoms with Crippen LogP contribution >= 0.6 is 0 Å². The largest absolute Gasteiger partial charge is 0.350 e. The Morgan fingerprint density at radius 2 is 2.29 bits per heavy atom. The maximum Gasteiger partial charge on any atom is 0.270 e. The van der Waals surface area contributed by atoms with Crippen LogP contribution in [0.4, 0.5) is 0 Å². The van der Waals surface area contributed by atoms with E-state index >= 15 is 0 Å². The predicted octanol–water partition coefficient (Wildman–Crippen LogP) is 1.28. The molecule has 6 heteroatoms. The molecule has 1 N–H and O–H groups in total. The van der Waals surface area contributed by atoms with E-state index in [1.165, 1.54) is 0 Å². The van der Waals surface area contributed by atoms with Gasteiger partial charge in [-0.15, -0.1) is 0 Å². The number of aryl methyl sites for hydroxylation is 3. The van der Waals surface area contributed by atoms with Crippen LogP contribution in [0.25, 0.3) is 0 Å². The van der Waals surface area contributed by atoms with Crippen molar-refractivity contribution in [3.05, 3.63) is 41.5 Å². The van der Waals surface area contributed by atoms with E-state index < -0.39 is 0 Å². The van der Waals surface area contributed by atoms with Gasteiger partial charge in [0, 0.05) is 37.6 Å². The minimum atomic E-state index is -0.127. The van der Waals surface area contributed by atoms with E-state index in [1.54, 1.807) is 13.0 Å². The summed E-state index contributed by atoms with van der Waals surface area (Å²) in [6.45, 7) is 5.30. The molecular formula is C15H19N5O. The highest BCUT2D eigenvalue weighted by atomic mass is 16.1. The van der Waals surface area contributed by atoms with Gasteiger partial charge in [-0.3, -0.25) is 4.79 Å². The van der Waals surface area contributed by atoms with Gasteiger partial charge in [0.05, 0.1) is 0 Å². The molecule has 0 fully saturated rings. The standard InChI is InChI=1S/C15H19N5O/c1-10-7-13(19-11(2)18-10)15(21)17-9-12-3-5-20-6-4-16-14(20)8-12/h4,6-7,12H,3,5,8-9H2,1-2H3,(H,17,21)/t12-/m0/s1. The Bertz CT molecular complexity index is 644. The summed E-state index contributed by atoms with van der Waals surface area (Å²) in [5, 5.41) is 2.98. The molecule has 21 heavy (non-hydrogen) atoms. The monoisotopic (exact) mass is 285 g/mol. The van der Waals surface area contributed by atoms with Crippen LogP contribution in [0, 0.1) is 19.8 Å². The van der Waals surface area contributed by atoms with Crippen molar-refractivity contribution in [3.8, 4) is 0 Å². The van der Waals surface area contributed by atoms with Crippen molar-refractivity contribution in [2.24, 2.45) is 5.92 Å². The van der Waals surface area contributed by atoms with E-state index in [9.17, 15) is 4.79 Å². The molecule has 110 valence electrons. The molecule has 1 amide bonds. The van der Waals surface area contributed by atoms with E-state index in [0.29, 0.717) is 24.0 Å². The van der Waals surface area contributed by atoms with Crippen LogP contribution in [0.15, 0.2) is 18.5 Å². The number of nitrogens with zero attached hydrogens (tertiary/aromatic N) is 4. The van der Waals surface area contributed by atoms with Gasteiger partial charge in [0.2, 0.25) is 0 Å². The molecule has 0 saturated carbocycles. The fourth-order valence-electron chi connectivity index (χ4n) is 2.75. The molecule has 0 spiro atoms. The van der Waals surface area contributed by atoms with Crippen molar-refractivity contribution in [1.82, 2.24) is 24.8 Å². The van der Waals surface area contributed by atoms with Crippen molar-refractivity contribution >= 4 is 5.91 Å². The quantitative estimate of drug-likeness (QED) is 0.922. The third-order valence-electron chi connectivity index (χ3n) is 3.80. The number of rotatable bonds is 3. The lowest BCUT2D eigenvalue weighted by molar-refractivity contribution is 0.0939. The van der Waals surface area contributed by atoms with Gasteiger partial charge in [-0.25, -0.2) is 15.0 Å². The minimum absolute atomic E-state index is 0.127. The summed E-state index contributed by atoms with van der Waals surface area (Å²) in [5.41, 5.74) is 1.25. The van der Waals surface area contributed by atoms with Crippen LogP contribution in [-0.4, -0.2) is 32.0 Å². The number of imidazole rings is 1. The van der Waals surface area contributed by atoms with Crippen LogP contribution in [-0.2, 0) is 13.0 Å². The molecule has 2 aromatic heterocycles. The number of hydrogen-bond donors (Lipinski definition) is 1. The summed E-state index contributed by atoms with van der Waals surface area (Å²) in [7, 11) is 0.